The maximum Gasteiger partial charge on any atom is 0.343 e. The lowest BCUT2D eigenvalue weighted by molar-refractivity contribution is 0.253. The zero-order valence-corrected chi connectivity index (χ0v) is 17.7. The zero-order valence-electron chi connectivity index (χ0n) is 15.3. The van der Waals surface area contributed by atoms with Crippen molar-refractivity contribution >= 4 is 43.4 Å². The number of carbonyl (C=O) groups is 1. The van der Waals surface area contributed by atoms with E-state index in [0.717, 1.165) is 16.1 Å². The predicted molar refractivity (Wildman–Crippen MR) is 113 cm³/mol. The van der Waals surface area contributed by atoms with Gasteiger partial charge in [0.2, 0.25) is 0 Å². The predicted octanol–water partition coefficient (Wildman–Crippen LogP) is 5.23. The zero-order chi connectivity index (χ0) is 20.8. The summed E-state index contributed by atoms with van der Waals surface area (Å²) in [4.78, 5) is 14.7. The molecule has 0 aromatic heterocycles. The van der Waals surface area contributed by atoms with Crippen molar-refractivity contribution in [2.24, 2.45) is 0 Å². The number of para-hydroxylation sites is 1. The summed E-state index contributed by atoms with van der Waals surface area (Å²) in [6.45, 7) is 1.73. The number of fused-ring (bicyclic) bond motifs is 1. The SMILES string of the molecule is Cc1ccc(N2C(=O)N(Cc3cccc(Br)c3)c3ccccc3S2(=O)=O)cc1F. The van der Waals surface area contributed by atoms with Crippen molar-refractivity contribution in [1.29, 1.82) is 0 Å². The van der Waals surface area contributed by atoms with E-state index in [-0.39, 0.29) is 17.1 Å². The van der Waals surface area contributed by atoms with Gasteiger partial charge in [0.25, 0.3) is 10.0 Å². The average molecular weight is 475 g/mol. The molecule has 0 saturated heterocycles. The number of rotatable bonds is 3. The fourth-order valence-corrected chi connectivity index (χ4v) is 5.27. The third-order valence-corrected chi connectivity index (χ3v) is 6.94. The number of halogens is 2. The average Bonchev–Trinajstić information content (AvgIpc) is 2.68. The van der Waals surface area contributed by atoms with Crippen LogP contribution in [0.2, 0.25) is 0 Å². The number of aryl methyl sites for hydroxylation is 1. The highest BCUT2D eigenvalue weighted by atomic mass is 79.9. The standard InChI is InChI=1S/C21H16BrFN2O3S/c1-14-9-10-17(12-18(14)23)25-21(26)24(13-15-5-4-6-16(22)11-15)19-7-2-3-8-20(19)29(25,27)28/h2-12H,13H2,1H3. The second kappa shape index (κ2) is 7.27. The van der Waals surface area contributed by atoms with Gasteiger partial charge in [-0.3, -0.25) is 4.90 Å². The van der Waals surface area contributed by atoms with Crippen molar-refractivity contribution in [1.82, 2.24) is 0 Å². The largest absolute Gasteiger partial charge is 0.343 e. The van der Waals surface area contributed by atoms with Gasteiger partial charge in [-0.1, -0.05) is 46.3 Å². The van der Waals surface area contributed by atoms with E-state index in [1.807, 2.05) is 24.3 Å². The normalized spacial score (nSPS) is 15.3. The van der Waals surface area contributed by atoms with E-state index in [1.165, 1.54) is 23.1 Å². The molecular formula is C21H16BrFN2O3S. The topological polar surface area (TPSA) is 57.7 Å². The summed E-state index contributed by atoms with van der Waals surface area (Å²) in [5, 5.41) is 0. The second-order valence-corrected chi connectivity index (χ2v) is 9.34. The summed E-state index contributed by atoms with van der Waals surface area (Å²) in [5.74, 6) is -0.581. The van der Waals surface area contributed by atoms with Crippen LogP contribution >= 0.6 is 15.9 Å². The molecule has 0 radical (unpaired) electrons. The van der Waals surface area contributed by atoms with E-state index < -0.39 is 21.9 Å². The molecule has 1 aliphatic rings. The maximum absolute atomic E-state index is 14.1. The van der Waals surface area contributed by atoms with Crippen LogP contribution in [0.5, 0.6) is 0 Å². The van der Waals surface area contributed by atoms with E-state index in [9.17, 15) is 17.6 Å². The summed E-state index contributed by atoms with van der Waals surface area (Å²) in [6, 6.07) is 16.9. The molecule has 1 heterocycles. The first-order valence-electron chi connectivity index (χ1n) is 8.75. The van der Waals surface area contributed by atoms with Crippen molar-refractivity contribution in [3.63, 3.8) is 0 Å². The molecule has 3 aromatic carbocycles. The molecule has 0 spiro atoms. The van der Waals surface area contributed by atoms with E-state index in [4.69, 9.17) is 0 Å². The number of anilines is 2. The lowest BCUT2D eigenvalue weighted by atomic mass is 10.2. The molecule has 0 saturated carbocycles. The molecular weight excluding hydrogens is 459 g/mol. The highest BCUT2D eigenvalue weighted by molar-refractivity contribution is 9.10. The molecule has 0 fully saturated rings. The molecule has 4 rings (SSSR count). The molecule has 148 valence electrons. The number of urea groups is 1. The van der Waals surface area contributed by atoms with E-state index >= 15 is 0 Å². The molecule has 0 unspecified atom stereocenters. The van der Waals surface area contributed by atoms with Gasteiger partial charge in [-0.05, 0) is 54.4 Å². The highest BCUT2D eigenvalue weighted by Gasteiger charge is 2.42. The van der Waals surface area contributed by atoms with Crippen LogP contribution in [0.15, 0.2) is 76.1 Å². The Morgan fingerprint density at radius 2 is 1.76 bits per heavy atom. The van der Waals surface area contributed by atoms with Gasteiger partial charge in [-0.2, -0.15) is 4.31 Å². The lowest BCUT2D eigenvalue weighted by Crippen LogP contribution is -2.50. The summed E-state index contributed by atoms with van der Waals surface area (Å²) < 4.78 is 42.1. The molecule has 0 bridgehead atoms. The third-order valence-electron chi connectivity index (χ3n) is 4.70. The van der Waals surface area contributed by atoms with Crippen LogP contribution in [0.4, 0.5) is 20.6 Å². The second-order valence-electron chi connectivity index (χ2n) is 6.67. The van der Waals surface area contributed by atoms with Crippen LogP contribution in [0.3, 0.4) is 0 Å². The number of amides is 2. The Morgan fingerprint density at radius 1 is 1.00 bits per heavy atom. The Bertz CT molecular complexity index is 1230. The number of hydrogen-bond acceptors (Lipinski definition) is 3. The summed E-state index contributed by atoms with van der Waals surface area (Å²) in [5.41, 5.74) is 1.44. The fourth-order valence-electron chi connectivity index (χ4n) is 3.24. The molecule has 0 atom stereocenters. The Hall–Kier alpha value is -2.71. The number of carbonyl (C=O) groups excluding carboxylic acids is 1. The number of hydrogen-bond donors (Lipinski definition) is 0. The van der Waals surface area contributed by atoms with Crippen LogP contribution in [0.25, 0.3) is 0 Å². The van der Waals surface area contributed by atoms with Crippen molar-refractivity contribution in [3.05, 3.63) is 88.1 Å². The van der Waals surface area contributed by atoms with Gasteiger partial charge < -0.3 is 0 Å². The number of sulfonamides is 1. The molecule has 3 aromatic rings. The molecule has 2 amide bonds. The van der Waals surface area contributed by atoms with E-state index in [1.54, 1.807) is 25.1 Å². The fraction of sp³-hybridized carbons (Fsp3) is 0.0952. The minimum atomic E-state index is -4.18. The molecule has 1 aliphatic heterocycles. The minimum absolute atomic E-state index is 0.00409. The first-order valence-corrected chi connectivity index (χ1v) is 11.0. The van der Waals surface area contributed by atoms with Crippen LogP contribution in [0.1, 0.15) is 11.1 Å². The first kappa shape index (κ1) is 19.6. The Labute approximate surface area is 176 Å². The summed E-state index contributed by atoms with van der Waals surface area (Å²) in [6.07, 6.45) is 0. The summed E-state index contributed by atoms with van der Waals surface area (Å²) >= 11 is 3.40. The van der Waals surface area contributed by atoms with E-state index in [2.05, 4.69) is 15.9 Å². The van der Waals surface area contributed by atoms with Gasteiger partial charge in [0, 0.05) is 4.47 Å². The highest BCUT2D eigenvalue weighted by Crippen LogP contribution is 2.38. The molecule has 8 heteroatoms. The lowest BCUT2D eigenvalue weighted by Gasteiger charge is -2.36. The monoisotopic (exact) mass is 474 g/mol. The smallest absolute Gasteiger partial charge is 0.287 e. The van der Waals surface area contributed by atoms with Gasteiger partial charge in [0.1, 0.15) is 10.7 Å². The van der Waals surface area contributed by atoms with Crippen molar-refractivity contribution in [2.45, 2.75) is 18.4 Å². The molecule has 0 aliphatic carbocycles. The number of nitrogens with zero attached hydrogens (tertiary/aromatic N) is 2. The van der Waals surface area contributed by atoms with Gasteiger partial charge in [0.05, 0.1) is 17.9 Å². The van der Waals surface area contributed by atoms with Crippen LogP contribution in [-0.4, -0.2) is 14.4 Å². The van der Waals surface area contributed by atoms with Crippen molar-refractivity contribution in [3.8, 4) is 0 Å². The number of benzene rings is 3. The molecule has 5 nitrogen and oxygen atoms in total. The minimum Gasteiger partial charge on any atom is -0.287 e. The van der Waals surface area contributed by atoms with Gasteiger partial charge in [0.15, 0.2) is 0 Å². The van der Waals surface area contributed by atoms with Gasteiger partial charge in [-0.25, -0.2) is 17.6 Å². The Kier molecular flexibility index (Phi) is 4.92. The molecule has 0 N–H and O–H groups in total. The van der Waals surface area contributed by atoms with Crippen molar-refractivity contribution < 1.29 is 17.6 Å². The van der Waals surface area contributed by atoms with Gasteiger partial charge in [-0.15, -0.1) is 0 Å². The maximum atomic E-state index is 14.1. The quantitative estimate of drug-likeness (QED) is 0.521. The summed E-state index contributed by atoms with van der Waals surface area (Å²) in [7, 11) is -4.18. The Morgan fingerprint density at radius 3 is 2.48 bits per heavy atom. The first-order chi connectivity index (χ1) is 13.8. The van der Waals surface area contributed by atoms with Gasteiger partial charge >= 0.3 is 6.03 Å². The third kappa shape index (κ3) is 3.42. The van der Waals surface area contributed by atoms with Crippen molar-refractivity contribution in [2.75, 3.05) is 9.21 Å². The Balaban J connectivity index is 1.88. The van der Waals surface area contributed by atoms with E-state index in [0.29, 0.717) is 15.6 Å². The van der Waals surface area contributed by atoms with Crippen LogP contribution in [-0.2, 0) is 16.6 Å². The van der Waals surface area contributed by atoms with Crippen LogP contribution in [0, 0.1) is 12.7 Å². The molecule has 29 heavy (non-hydrogen) atoms. The van der Waals surface area contributed by atoms with Crippen LogP contribution < -0.4 is 9.21 Å².